The molecule has 0 radical (unpaired) electrons. The van der Waals surface area contributed by atoms with Gasteiger partial charge in [0.05, 0.1) is 17.0 Å². The Morgan fingerprint density at radius 3 is 3.18 bits per heavy atom. The normalized spacial score (nSPS) is 55.3. The largest absolute Gasteiger partial charge is 0.477 e. The van der Waals surface area contributed by atoms with E-state index in [4.69, 9.17) is 31.3 Å². The van der Waals surface area contributed by atoms with Crippen molar-refractivity contribution in [1.29, 1.82) is 4.29 Å². The third-order valence-electron chi connectivity index (χ3n) is 2.46. The molecule has 2 aromatic rings. The third-order valence-corrected chi connectivity index (χ3v) is 3.20. The van der Waals surface area contributed by atoms with E-state index in [0.717, 1.165) is 0 Å². The zero-order chi connectivity index (χ0) is 29.4. The minimum absolute atomic E-state index is 0.503. The van der Waals surface area contributed by atoms with Gasteiger partial charge < -0.3 is 24.5 Å². The molecule has 3 N–H and O–H groups in total. The minimum atomic E-state index is -3.86. The smallest absolute Gasteiger partial charge is 0.336 e. The SMILES string of the molecule is [2H]O[C@]1([2H])[C@@]([2H])(O[2H])[C@]([2H])(O[2H])C([2H])([2H])S[C@@]1([2H])Oc1c([2H])c([2H])c2c(C([2H])([2H])[2H])c([2H])c(=O)oc2c1[2H]. The van der Waals surface area contributed by atoms with Crippen LogP contribution in [0, 0.1) is 6.85 Å². The van der Waals surface area contributed by atoms with Crippen molar-refractivity contribution in [2.45, 2.75) is 30.5 Å². The van der Waals surface area contributed by atoms with Crippen LogP contribution in [0.25, 0.3) is 11.0 Å². The Morgan fingerprint density at radius 2 is 2.41 bits per heavy atom. The van der Waals surface area contributed by atoms with Crippen LogP contribution in [0.3, 0.4) is 0 Å². The molecule has 6 nitrogen and oxygen atoms in total. The summed E-state index contributed by atoms with van der Waals surface area (Å²) in [6.07, 6.45) is -11.3. The molecule has 0 amide bonds. The van der Waals surface area contributed by atoms with Crippen LogP contribution in [0.15, 0.2) is 33.4 Å². The highest BCUT2D eigenvalue weighted by Gasteiger charge is 2.38. The van der Waals surface area contributed by atoms with Crippen LogP contribution in [0.4, 0.5) is 0 Å². The summed E-state index contributed by atoms with van der Waals surface area (Å²) >= 11 is -0.503. The average Bonchev–Trinajstić information content (AvgIpc) is 2.82. The third kappa shape index (κ3) is 2.85. The van der Waals surface area contributed by atoms with Gasteiger partial charge in [-0.25, -0.2) is 4.79 Å². The fraction of sp³-hybridized carbons (Fsp3) is 0.400. The summed E-state index contributed by atoms with van der Waals surface area (Å²) in [6.45, 7) is -3.19. The van der Waals surface area contributed by atoms with E-state index in [0.29, 0.717) is 0 Å². The molecule has 1 aliphatic rings. The minimum Gasteiger partial charge on any atom is -0.477 e. The van der Waals surface area contributed by atoms with Gasteiger partial charge in [-0.1, -0.05) is 0 Å². The Morgan fingerprint density at radius 1 is 1.50 bits per heavy atom. The predicted molar refractivity (Wildman–Crippen MR) is 82.1 cm³/mol. The van der Waals surface area contributed by atoms with E-state index in [1.165, 1.54) is 0 Å². The highest BCUT2D eigenvalue weighted by molar-refractivity contribution is 7.99. The monoisotopic (exact) mass is 340 g/mol. The molecule has 1 aromatic heterocycles. The van der Waals surface area contributed by atoms with Gasteiger partial charge in [-0.2, -0.15) is 0 Å². The predicted octanol–water partition coefficient (Wildman–Crippen LogP) is 0.636. The van der Waals surface area contributed by atoms with Crippen LogP contribution in [-0.4, -0.2) is 49.0 Å². The summed E-state index contributed by atoms with van der Waals surface area (Å²) in [5.74, 6) is -1.22. The van der Waals surface area contributed by atoms with Crippen LogP contribution in [0.5, 0.6) is 5.75 Å². The van der Waals surface area contributed by atoms with E-state index in [2.05, 4.69) is 15.3 Å². The average molecular weight is 340 g/mol. The van der Waals surface area contributed by atoms with Crippen molar-refractivity contribution in [2.75, 3.05) is 5.70 Å². The summed E-state index contributed by atoms with van der Waals surface area (Å²) in [6, 6.07) is -4.61. The number of hydrogen-bond acceptors (Lipinski definition) is 7. The molecule has 0 spiro atoms. The second kappa shape index (κ2) is 5.92. The Hall–Kier alpha value is -1.54. The Bertz CT molecular complexity index is 1350. The molecule has 0 saturated carbocycles. The van der Waals surface area contributed by atoms with Gasteiger partial charge in [0, 0.05) is 30.0 Å². The van der Waals surface area contributed by atoms with Gasteiger partial charge in [0.15, 0.2) is 5.41 Å². The van der Waals surface area contributed by atoms with Gasteiger partial charge >= 0.3 is 5.63 Å². The second-order valence-corrected chi connectivity index (χ2v) is 4.66. The molecule has 0 unspecified atom stereocenters. The lowest BCUT2D eigenvalue weighted by Gasteiger charge is -2.34. The first-order chi connectivity index (χ1) is 17.1. The van der Waals surface area contributed by atoms with Gasteiger partial charge in [0.2, 0.25) is 4.29 Å². The lowest BCUT2D eigenvalue weighted by Crippen LogP contribution is -2.50. The summed E-state index contributed by atoms with van der Waals surface area (Å²) in [5, 5.41) is 11.3. The molecular weight excluding hydrogens is 308 g/mol. The Balaban J connectivity index is 2.39. The van der Waals surface area contributed by atoms with Crippen molar-refractivity contribution in [3.8, 4) is 5.75 Å². The van der Waals surface area contributed by atoms with Crippen molar-refractivity contribution in [3.05, 3.63) is 40.2 Å². The number of ether oxygens (including phenoxy) is 1. The van der Waals surface area contributed by atoms with Gasteiger partial charge in [-0.15, -0.1) is 11.8 Å². The van der Waals surface area contributed by atoms with Crippen LogP contribution in [0.2, 0.25) is 0 Å². The molecule has 1 aliphatic heterocycles. The summed E-state index contributed by atoms with van der Waals surface area (Å²) in [4.78, 5) is 12.2. The van der Waals surface area contributed by atoms with E-state index in [-0.39, 0.29) is 0 Å². The van der Waals surface area contributed by atoms with Crippen LogP contribution in [-0.2, 0) is 0 Å². The molecule has 3 rings (SSSR count). The van der Waals surface area contributed by atoms with Crippen LogP contribution < -0.4 is 10.4 Å². The number of aryl methyl sites for hydroxylation is 1. The molecule has 1 fully saturated rings. The summed E-state index contributed by atoms with van der Waals surface area (Å²) in [5.41, 5.74) is -10.5. The number of hydrogen-bond donors (Lipinski definition) is 3. The summed E-state index contributed by atoms with van der Waals surface area (Å²) in [7, 11) is 0. The van der Waals surface area contributed by atoms with Crippen molar-refractivity contribution in [3.63, 3.8) is 0 Å². The molecular formula is C15H16O6S. The zero-order valence-electron chi connectivity index (χ0n) is 26.4. The number of aliphatic hydroxyl groups is 3. The first-order valence-electron chi connectivity index (χ1n) is 13.3. The summed E-state index contributed by atoms with van der Waals surface area (Å²) < 4.78 is 137. The fourth-order valence-corrected chi connectivity index (χ4v) is 2.09. The van der Waals surface area contributed by atoms with Crippen molar-refractivity contribution < 1.29 is 42.3 Å². The van der Waals surface area contributed by atoms with Gasteiger partial charge in [-0.05, 0) is 24.5 Å². The number of thioether (sulfide) groups is 1. The molecule has 1 aromatic carbocycles. The van der Waals surface area contributed by atoms with E-state index in [9.17, 15) is 4.79 Å². The van der Waals surface area contributed by atoms with Gasteiger partial charge in [-0.3, -0.25) is 0 Å². The standard InChI is InChI=1S/C15H16O6S/c1-7-4-12(17)21-11-5-8(2-3-9(7)11)20-15-14(19)13(18)10(16)6-22-15/h2-5,10,13-16,18-19H,6H2,1H3/t10-,13+,14-,15-/m1/s1/i1D3,2D,3D,4D,5D,6D2,10D,13D,14D,15D,16D,18D,19D. The molecule has 0 bridgehead atoms. The van der Waals surface area contributed by atoms with Gasteiger partial charge in [0.1, 0.15) is 23.5 Å². The second-order valence-electron chi connectivity index (χ2n) is 3.88. The highest BCUT2D eigenvalue weighted by atomic mass is 32.2. The highest BCUT2D eigenvalue weighted by Crippen LogP contribution is 2.30. The maximum atomic E-state index is 12.2. The molecule has 22 heavy (non-hydrogen) atoms. The van der Waals surface area contributed by atoms with Crippen molar-refractivity contribution in [1.82, 2.24) is 0 Å². The Kier molecular flexibility index (Phi) is 1.41. The van der Waals surface area contributed by atoms with Crippen LogP contribution >= 0.6 is 11.8 Å². The van der Waals surface area contributed by atoms with Crippen molar-refractivity contribution >= 4 is 22.7 Å². The topological polar surface area (TPSA) is 100 Å². The van der Waals surface area contributed by atoms with E-state index >= 15 is 0 Å². The molecule has 0 aliphatic carbocycles. The van der Waals surface area contributed by atoms with Gasteiger partial charge in [0.25, 0.3) is 0 Å². The fourth-order valence-electron chi connectivity index (χ4n) is 1.50. The molecule has 1 saturated heterocycles. The molecule has 118 valence electrons. The maximum absolute atomic E-state index is 12.2. The first-order valence-corrected chi connectivity index (χ1v) is 6.36. The first kappa shape index (κ1) is 5.24. The molecule has 7 heteroatoms. The number of rotatable bonds is 5. The van der Waals surface area contributed by atoms with Crippen molar-refractivity contribution in [2.24, 2.45) is 0 Å². The number of benzene rings is 1. The number of fused-ring (bicyclic) bond motifs is 1. The molecule has 4 atom stereocenters. The van der Waals surface area contributed by atoms with E-state index in [1.54, 1.807) is 0 Å². The zero-order valence-corrected chi connectivity index (χ0v) is 11.2. The lowest BCUT2D eigenvalue weighted by atomic mass is 10.1. The lowest BCUT2D eigenvalue weighted by molar-refractivity contribution is -0.0786. The van der Waals surface area contributed by atoms with Crippen LogP contribution in [0.1, 0.15) is 23.4 Å². The molecule has 2 heterocycles. The Labute approximate surface area is 153 Å². The van der Waals surface area contributed by atoms with E-state index in [1.807, 2.05) is 0 Å². The maximum Gasteiger partial charge on any atom is 0.336 e. The quantitative estimate of drug-likeness (QED) is 0.687. The van der Waals surface area contributed by atoms with E-state index < -0.39 is 100 Å².